The summed E-state index contributed by atoms with van der Waals surface area (Å²) in [6.45, 7) is 1.28. The zero-order valence-corrected chi connectivity index (χ0v) is 12.1. The van der Waals surface area contributed by atoms with Crippen molar-refractivity contribution in [1.29, 1.82) is 0 Å². The molecule has 0 atom stereocenters. The van der Waals surface area contributed by atoms with Gasteiger partial charge in [-0.15, -0.1) is 0 Å². The molecule has 0 aliphatic rings. The van der Waals surface area contributed by atoms with Crippen LogP contribution in [0.1, 0.15) is 22.6 Å². The number of sulfonamides is 1. The Morgan fingerprint density at radius 2 is 2.00 bits per heavy atom. The Labute approximate surface area is 116 Å². The first-order valence-electron chi connectivity index (χ1n) is 5.65. The van der Waals surface area contributed by atoms with Crippen molar-refractivity contribution in [3.8, 4) is 0 Å². The summed E-state index contributed by atoms with van der Waals surface area (Å²) in [4.78, 5) is 23.2. The van der Waals surface area contributed by atoms with Crippen molar-refractivity contribution in [3.05, 3.63) is 11.4 Å². The predicted octanol–water partition coefficient (Wildman–Crippen LogP) is -0.827. The molecular weight excluding hydrogens is 288 g/mol. The molecule has 1 aromatic rings. The van der Waals surface area contributed by atoms with Gasteiger partial charge in [0.1, 0.15) is 4.90 Å². The molecule has 1 aromatic heterocycles. The Morgan fingerprint density at radius 3 is 2.50 bits per heavy atom. The molecule has 1 heterocycles. The van der Waals surface area contributed by atoms with Crippen molar-refractivity contribution in [2.24, 2.45) is 0 Å². The number of carboxylic acid groups (broad SMARTS) is 1. The summed E-state index contributed by atoms with van der Waals surface area (Å²) in [5.74, 6) is -1.69. The molecule has 0 saturated heterocycles. The minimum Gasteiger partial charge on any atom is -0.476 e. The van der Waals surface area contributed by atoms with Crippen LogP contribution in [-0.4, -0.2) is 61.1 Å². The highest BCUT2D eigenvalue weighted by atomic mass is 32.2. The zero-order chi connectivity index (χ0) is 15.5. The fourth-order valence-corrected chi connectivity index (χ4v) is 2.83. The first-order valence-corrected chi connectivity index (χ1v) is 7.13. The number of aromatic nitrogens is 2. The molecule has 0 aliphatic heterocycles. The van der Waals surface area contributed by atoms with Crippen molar-refractivity contribution in [2.45, 2.75) is 18.2 Å². The molecule has 1 rings (SSSR count). The van der Waals surface area contributed by atoms with Crippen LogP contribution in [0, 0.1) is 6.92 Å². The van der Waals surface area contributed by atoms with E-state index in [4.69, 9.17) is 5.11 Å². The Hall–Kier alpha value is -1.94. The lowest BCUT2D eigenvalue weighted by molar-refractivity contribution is -0.128. The lowest BCUT2D eigenvalue weighted by Gasteiger charge is -2.10. The van der Waals surface area contributed by atoms with E-state index in [0.717, 1.165) is 0 Å². The van der Waals surface area contributed by atoms with Gasteiger partial charge in [-0.2, -0.15) is 5.10 Å². The quantitative estimate of drug-likeness (QED) is 0.628. The lowest BCUT2D eigenvalue weighted by Crippen LogP contribution is -2.31. The largest absolute Gasteiger partial charge is 0.476 e. The van der Waals surface area contributed by atoms with E-state index in [1.54, 1.807) is 14.1 Å². The Balaban J connectivity index is 2.88. The van der Waals surface area contributed by atoms with E-state index in [-0.39, 0.29) is 24.6 Å². The third-order valence-corrected chi connectivity index (χ3v) is 4.11. The van der Waals surface area contributed by atoms with Crippen molar-refractivity contribution in [1.82, 2.24) is 19.8 Å². The maximum atomic E-state index is 12.0. The average Bonchev–Trinajstić information content (AvgIpc) is 2.71. The number of hydrogen-bond donors (Lipinski definition) is 3. The number of carboxylic acids is 1. The smallest absolute Gasteiger partial charge is 0.357 e. The van der Waals surface area contributed by atoms with Crippen molar-refractivity contribution in [2.75, 3.05) is 20.6 Å². The molecule has 3 N–H and O–H groups in total. The van der Waals surface area contributed by atoms with Crippen LogP contribution in [0.3, 0.4) is 0 Å². The summed E-state index contributed by atoms with van der Waals surface area (Å²) in [5.41, 5.74) is -0.456. The third-order valence-electron chi connectivity index (χ3n) is 2.49. The van der Waals surface area contributed by atoms with Gasteiger partial charge in [0, 0.05) is 27.1 Å². The van der Waals surface area contributed by atoms with Crippen molar-refractivity contribution >= 4 is 21.9 Å². The highest BCUT2D eigenvalue weighted by Crippen LogP contribution is 2.17. The minimum absolute atomic E-state index is 0.0223. The van der Waals surface area contributed by atoms with E-state index >= 15 is 0 Å². The molecule has 20 heavy (non-hydrogen) atoms. The van der Waals surface area contributed by atoms with E-state index in [1.165, 1.54) is 11.8 Å². The van der Waals surface area contributed by atoms with Gasteiger partial charge in [0.15, 0.2) is 5.69 Å². The number of H-pyrrole nitrogens is 1. The number of carbonyl (C=O) groups excluding carboxylic acids is 1. The van der Waals surface area contributed by atoms with Crippen LogP contribution >= 0.6 is 0 Å². The Kier molecular flexibility index (Phi) is 4.84. The maximum Gasteiger partial charge on any atom is 0.357 e. The molecule has 0 aliphatic carbocycles. The highest BCUT2D eigenvalue weighted by molar-refractivity contribution is 7.89. The predicted molar refractivity (Wildman–Crippen MR) is 68.8 cm³/mol. The van der Waals surface area contributed by atoms with E-state index < -0.39 is 26.6 Å². The van der Waals surface area contributed by atoms with E-state index in [2.05, 4.69) is 14.9 Å². The molecule has 0 unspecified atom stereocenters. The van der Waals surface area contributed by atoms with Gasteiger partial charge in [-0.25, -0.2) is 17.9 Å². The third kappa shape index (κ3) is 3.54. The fourth-order valence-electron chi connectivity index (χ4n) is 1.48. The van der Waals surface area contributed by atoms with Crippen LogP contribution in [0.2, 0.25) is 0 Å². The van der Waals surface area contributed by atoms with Gasteiger partial charge in [0.25, 0.3) is 0 Å². The average molecular weight is 304 g/mol. The molecule has 0 bridgehead atoms. The standard InChI is InChI=1S/C10H16N4O5S/c1-6-9(8(10(16)17)13-12-6)20(18,19)11-5-4-7(15)14(2)3/h11H,4-5H2,1-3H3,(H,12,13)(H,16,17). The van der Waals surface area contributed by atoms with Gasteiger partial charge in [0.2, 0.25) is 15.9 Å². The van der Waals surface area contributed by atoms with Crippen LogP contribution in [0.5, 0.6) is 0 Å². The molecule has 0 radical (unpaired) electrons. The van der Waals surface area contributed by atoms with Gasteiger partial charge >= 0.3 is 5.97 Å². The first kappa shape index (κ1) is 16.1. The topological polar surface area (TPSA) is 132 Å². The number of nitrogens with zero attached hydrogens (tertiary/aromatic N) is 2. The fraction of sp³-hybridized carbons (Fsp3) is 0.500. The maximum absolute atomic E-state index is 12.0. The molecule has 0 aromatic carbocycles. The molecule has 1 amide bonds. The summed E-state index contributed by atoms with van der Waals surface area (Å²) in [6, 6.07) is 0. The summed E-state index contributed by atoms with van der Waals surface area (Å²) in [6.07, 6.45) is -0.0223. The molecular formula is C10H16N4O5S. The second-order valence-electron chi connectivity index (χ2n) is 4.27. The Bertz CT molecular complexity index is 620. The molecule has 0 saturated carbocycles. The number of nitrogens with one attached hydrogen (secondary N) is 2. The van der Waals surface area contributed by atoms with Crippen LogP contribution in [0.4, 0.5) is 0 Å². The minimum atomic E-state index is -4.04. The van der Waals surface area contributed by atoms with Gasteiger partial charge in [0.05, 0.1) is 5.69 Å². The number of rotatable bonds is 6. The zero-order valence-electron chi connectivity index (χ0n) is 11.3. The molecule has 9 nitrogen and oxygen atoms in total. The summed E-state index contributed by atoms with van der Waals surface area (Å²) in [7, 11) is -0.930. The van der Waals surface area contributed by atoms with Gasteiger partial charge < -0.3 is 10.0 Å². The monoisotopic (exact) mass is 304 g/mol. The summed E-state index contributed by atoms with van der Waals surface area (Å²) >= 11 is 0. The number of carbonyl (C=O) groups is 2. The summed E-state index contributed by atoms with van der Waals surface area (Å²) < 4.78 is 26.2. The van der Waals surface area contributed by atoms with Crippen LogP contribution in [0.25, 0.3) is 0 Å². The number of aromatic carboxylic acids is 1. The van der Waals surface area contributed by atoms with Crippen molar-refractivity contribution in [3.63, 3.8) is 0 Å². The highest BCUT2D eigenvalue weighted by Gasteiger charge is 2.28. The molecule has 112 valence electrons. The summed E-state index contributed by atoms with van der Waals surface area (Å²) in [5, 5.41) is 14.6. The van der Waals surface area contributed by atoms with E-state index in [0.29, 0.717) is 0 Å². The van der Waals surface area contributed by atoms with E-state index in [9.17, 15) is 18.0 Å². The first-order chi connectivity index (χ1) is 9.16. The van der Waals surface area contributed by atoms with Crippen LogP contribution in [-0.2, 0) is 14.8 Å². The SMILES string of the molecule is Cc1[nH]nc(C(=O)O)c1S(=O)(=O)NCCC(=O)N(C)C. The second kappa shape index (κ2) is 6.01. The van der Waals surface area contributed by atoms with Crippen molar-refractivity contribution < 1.29 is 23.1 Å². The number of hydrogen-bond acceptors (Lipinski definition) is 5. The van der Waals surface area contributed by atoms with Gasteiger partial charge in [-0.1, -0.05) is 0 Å². The number of aromatic amines is 1. The molecule has 0 spiro atoms. The molecule has 0 fully saturated rings. The number of amides is 1. The lowest BCUT2D eigenvalue weighted by atomic mass is 10.4. The van der Waals surface area contributed by atoms with Gasteiger partial charge in [-0.3, -0.25) is 9.89 Å². The Morgan fingerprint density at radius 1 is 1.40 bits per heavy atom. The van der Waals surface area contributed by atoms with Gasteiger partial charge in [-0.05, 0) is 6.92 Å². The second-order valence-corrected chi connectivity index (χ2v) is 5.97. The van der Waals surface area contributed by atoms with Crippen LogP contribution in [0.15, 0.2) is 4.90 Å². The molecule has 10 heteroatoms. The number of aryl methyl sites for hydroxylation is 1. The van der Waals surface area contributed by atoms with E-state index in [1.807, 2.05) is 0 Å². The van der Waals surface area contributed by atoms with Crippen LogP contribution < -0.4 is 4.72 Å². The normalized spacial score (nSPS) is 11.3.